The number of anilines is 1. The number of carbonyl (C=O) groups is 1. The molecule has 0 aliphatic carbocycles. The maximum Gasteiger partial charge on any atom is 0.322 e. The van der Waals surface area contributed by atoms with E-state index in [-0.39, 0.29) is 12.1 Å². The standard InChI is InChI=1S/C22H24N4O3/c1-15-6-5-7-17(14-15)23-22(27)26-13-4-3-8-19(26)21-24-20(25-29-21)16-9-11-18(28-2)12-10-16/h5-7,9-12,14,19H,3-4,8,13H2,1-2H3,(H,23,27). The van der Waals surface area contributed by atoms with Crippen molar-refractivity contribution in [1.82, 2.24) is 15.0 Å². The van der Waals surface area contributed by atoms with Crippen LogP contribution in [0.25, 0.3) is 11.4 Å². The van der Waals surface area contributed by atoms with Crippen LogP contribution in [0.1, 0.15) is 36.8 Å². The maximum atomic E-state index is 12.9. The van der Waals surface area contributed by atoms with Gasteiger partial charge in [-0.05, 0) is 68.1 Å². The summed E-state index contributed by atoms with van der Waals surface area (Å²) in [6.45, 7) is 2.65. The Kier molecular flexibility index (Phi) is 5.46. The topological polar surface area (TPSA) is 80.5 Å². The fraction of sp³-hybridized carbons (Fsp3) is 0.318. The largest absolute Gasteiger partial charge is 0.497 e. The van der Waals surface area contributed by atoms with E-state index in [1.54, 1.807) is 12.0 Å². The third kappa shape index (κ3) is 4.23. The van der Waals surface area contributed by atoms with Crippen molar-refractivity contribution in [1.29, 1.82) is 0 Å². The van der Waals surface area contributed by atoms with E-state index < -0.39 is 0 Å². The van der Waals surface area contributed by atoms with Gasteiger partial charge < -0.3 is 19.5 Å². The quantitative estimate of drug-likeness (QED) is 0.689. The number of ether oxygens (including phenoxy) is 1. The van der Waals surface area contributed by atoms with E-state index in [1.807, 2.05) is 55.5 Å². The number of nitrogens with one attached hydrogen (secondary N) is 1. The molecule has 0 spiro atoms. The van der Waals surface area contributed by atoms with Crippen molar-refractivity contribution in [2.75, 3.05) is 19.0 Å². The number of aryl methyl sites for hydroxylation is 1. The molecular weight excluding hydrogens is 368 g/mol. The third-order valence-corrected chi connectivity index (χ3v) is 5.11. The minimum Gasteiger partial charge on any atom is -0.497 e. The molecule has 2 aromatic carbocycles. The smallest absolute Gasteiger partial charge is 0.322 e. The first-order valence-corrected chi connectivity index (χ1v) is 9.76. The lowest BCUT2D eigenvalue weighted by Crippen LogP contribution is -2.41. The second-order valence-electron chi connectivity index (χ2n) is 7.19. The second-order valence-corrected chi connectivity index (χ2v) is 7.19. The van der Waals surface area contributed by atoms with Crippen LogP contribution < -0.4 is 10.1 Å². The molecule has 0 radical (unpaired) electrons. The van der Waals surface area contributed by atoms with E-state index in [0.717, 1.165) is 41.8 Å². The Labute approximate surface area is 169 Å². The summed E-state index contributed by atoms with van der Waals surface area (Å²) in [5.41, 5.74) is 2.72. The monoisotopic (exact) mass is 392 g/mol. The van der Waals surface area contributed by atoms with Gasteiger partial charge in [-0.15, -0.1) is 0 Å². The van der Waals surface area contributed by atoms with Gasteiger partial charge in [0.1, 0.15) is 11.8 Å². The van der Waals surface area contributed by atoms with Crippen LogP contribution in [0.5, 0.6) is 5.75 Å². The third-order valence-electron chi connectivity index (χ3n) is 5.11. The molecule has 1 atom stereocenters. The van der Waals surface area contributed by atoms with Crippen LogP contribution in [-0.2, 0) is 0 Å². The molecule has 0 bridgehead atoms. The number of urea groups is 1. The van der Waals surface area contributed by atoms with E-state index in [0.29, 0.717) is 18.3 Å². The maximum absolute atomic E-state index is 12.9. The van der Waals surface area contributed by atoms with Gasteiger partial charge in [-0.2, -0.15) is 4.98 Å². The molecule has 1 fully saturated rings. The summed E-state index contributed by atoms with van der Waals surface area (Å²) in [4.78, 5) is 19.3. The van der Waals surface area contributed by atoms with Gasteiger partial charge in [-0.25, -0.2) is 4.79 Å². The molecular formula is C22H24N4O3. The van der Waals surface area contributed by atoms with Crippen LogP contribution in [0.3, 0.4) is 0 Å². The summed E-state index contributed by atoms with van der Waals surface area (Å²) in [6.07, 6.45) is 2.77. The summed E-state index contributed by atoms with van der Waals surface area (Å²) in [5.74, 6) is 1.74. The Balaban J connectivity index is 1.52. The van der Waals surface area contributed by atoms with Crippen molar-refractivity contribution >= 4 is 11.7 Å². The van der Waals surface area contributed by atoms with Crippen LogP contribution in [0.2, 0.25) is 0 Å². The zero-order valence-corrected chi connectivity index (χ0v) is 16.6. The minimum atomic E-state index is -0.229. The van der Waals surface area contributed by atoms with Gasteiger partial charge in [-0.3, -0.25) is 0 Å². The summed E-state index contributed by atoms with van der Waals surface area (Å²) in [5, 5.41) is 7.11. The molecule has 150 valence electrons. The number of likely N-dealkylation sites (tertiary alicyclic amines) is 1. The fourth-order valence-corrected chi connectivity index (χ4v) is 3.58. The molecule has 2 amide bonds. The molecule has 7 nitrogen and oxygen atoms in total. The highest BCUT2D eigenvalue weighted by Gasteiger charge is 2.32. The molecule has 1 saturated heterocycles. The lowest BCUT2D eigenvalue weighted by Gasteiger charge is -2.33. The van der Waals surface area contributed by atoms with Crippen LogP contribution in [0.4, 0.5) is 10.5 Å². The molecule has 3 aromatic rings. The molecule has 4 rings (SSSR count). The molecule has 29 heavy (non-hydrogen) atoms. The number of amides is 2. The van der Waals surface area contributed by atoms with Gasteiger partial charge >= 0.3 is 6.03 Å². The minimum absolute atomic E-state index is 0.149. The second kappa shape index (κ2) is 8.34. The lowest BCUT2D eigenvalue weighted by atomic mass is 10.0. The predicted octanol–water partition coefficient (Wildman–Crippen LogP) is 4.81. The number of nitrogens with zero attached hydrogens (tertiary/aromatic N) is 3. The number of carbonyl (C=O) groups excluding carboxylic acids is 1. The number of aromatic nitrogens is 2. The predicted molar refractivity (Wildman–Crippen MR) is 110 cm³/mol. The highest BCUT2D eigenvalue weighted by atomic mass is 16.5. The van der Waals surface area contributed by atoms with Crippen molar-refractivity contribution in [3.63, 3.8) is 0 Å². The van der Waals surface area contributed by atoms with E-state index in [4.69, 9.17) is 9.26 Å². The average molecular weight is 392 g/mol. The van der Waals surface area contributed by atoms with Crippen molar-refractivity contribution < 1.29 is 14.1 Å². The Morgan fingerprint density at radius 2 is 2.03 bits per heavy atom. The lowest BCUT2D eigenvalue weighted by molar-refractivity contribution is 0.142. The highest BCUT2D eigenvalue weighted by molar-refractivity contribution is 5.89. The number of rotatable bonds is 4. The number of hydrogen-bond donors (Lipinski definition) is 1. The summed E-state index contributed by atoms with van der Waals surface area (Å²) >= 11 is 0. The summed E-state index contributed by atoms with van der Waals surface area (Å²) in [6, 6.07) is 14.9. The first-order chi connectivity index (χ1) is 14.1. The highest BCUT2D eigenvalue weighted by Crippen LogP contribution is 2.32. The molecule has 1 aromatic heterocycles. The van der Waals surface area contributed by atoms with Gasteiger partial charge in [0, 0.05) is 17.8 Å². The van der Waals surface area contributed by atoms with E-state index in [2.05, 4.69) is 15.5 Å². The van der Waals surface area contributed by atoms with E-state index in [1.165, 1.54) is 0 Å². The molecule has 7 heteroatoms. The number of benzene rings is 2. The van der Waals surface area contributed by atoms with E-state index in [9.17, 15) is 4.79 Å². The van der Waals surface area contributed by atoms with Gasteiger partial charge in [0.05, 0.1) is 7.11 Å². The number of hydrogen-bond acceptors (Lipinski definition) is 5. The Morgan fingerprint density at radius 3 is 2.79 bits per heavy atom. The van der Waals surface area contributed by atoms with Crippen LogP contribution in [0.15, 0.2) is 53.1 Å². The average Bonchev–Trinajstić information content (AvgIpc) is 3.24. The van der Waals surface area contributed by atoms with Crippen molar-refractivity contribution in [2.45, 2.75) is 32.2 Å². The molecule has 1 N–H and O–H groups in total. The van der Waals surface area contributed by atoms with Gasteiger partial charge in [0.2, 0.25) is 11.7 Å². The molecule has 0 saturated carbocycles. The first-order valence-electron chi connectivity index (χ1n) is 9.76. The Morgan fingerprint density at radius 1 is 1.21 bits per heavy atom. The van der Waals surface area contributed by atoms with Crippen LogP contribution >= 0.6 is 0 Å². The van der Waals surface area contributed by atoms with Crippen LogP contribution in [-0.4, -0.2) is 34.7 Å². The van der Waals surface area contributed by atoms with Gasteiger partial charge in [-0.1, -0.05) is 17.3 Å². The Hall–Kier alpha value is -3.35. The summed E-state index contributed by atoms with van der Waals surface area (Å²) < 4.78 is 10.7. The number of methoxy groups -OCH3 is 1. The van der Waals surface area contributed by atoms with Crippen molar-refractivity contribution in [3.8, 4) is 17.1 Å². The number of piperidine rings is 1. The van der Waals surface area contributed by atoms with Crippen molar-refractivity contribution in [3.05, 3.63) is 60.0 Å². The molecule has 1 aliphatic heterocycles. The van der Waals surface area contributed by atoms with Gasteiger partial charge in [0.15, 0.2) is 0 Å². The first kappa shape index (κ1) is 19.0. The zero-order chi connectivity index (χ0) is 20.2. The molecule has 1 unspecified atom stereocenters. The molecule has 1 aliphatic rings. The SMILES string of the molecule is COc1ccc(-c2noc(C3CCCCN3C(=O)Nc3cccc(C)c3)n2)cc1. The van der Waals surface area contributed by atoms with Crippen LogP contribution in [0, 0.1) is 6.92 Å². The van der Waals surface area contributed by atoms with Gasteiger partial charge in [0.25, 0.3) is 0 Å². The van der Waals surface area contributed by atoms with E-state index >= 15 is 0 Å². The summed E-state index contributed by atoms with van der Waals surface area (Å²) in [7, 11) is 1.63. The zero-order valence-electron chi connectivity index (χ0n) is 16.6. The molecule has 2 heterocycles. The van der Waals surface area contributed by atoms with Crippen molar-refractivity contribution in [2.24, 2.45) is 0 Å². The normalized spacial score (nSPS) is 16.5. The fourth-order valence-electron chi connectivity index (χ4n) is 3.58. The Bertz CT molecular complexity index is 984.